The highest BCUT2D eigenvalue weighted by molar-refractivity contribution is 5.94. The van der Waals surface area contributed by atoms with Crippen molar-refractivity contribution in [1.82, 2.24) is 15.3 Å². The number of pyridine rings is 2. The van der Waals surface area contributed by atoms with Gasteiger partial charge in [-0.3, -0.25) is 14.8 Å². The summed E-state index contributed by atoms with van der Waals surface area (Å²) >= 11 is 0. The Bertz CT molecular complexity index is 691. The van der Waals surface area contributed by atoms with Gasteiger partial charge in [-0.05, 0) is 37.5 Å². The number of nitrogens with one attached hydrogen (secondary N) is 1. The van der Waals surface area contributed by atoms with E-state index in [0.29, 0.717) is 12.2 Å². The third-order valence-electron chi connectivity index (χ3n) is 3.99. The van der Waals surface area contributed by atoms with Gasteiger partial charge in [-0.15, -0.1) is 0 Å². The Labute approximate surface area is 143 Å². The SMILES string of the molecule is Cc1cc(OCc2ccc(C(=O)NC(C)C(C)(C)C)cn2)ccn1. The summed E-state index contributed by atoms with van der Waals surface area (Å²) in [5.74, 6) is 0.646. The summed E-state index contributed by atoms with van der Waals surface area (Å²) in [6.07, 6.45) is 3.29. The van der Waals surface area contributed by atoms with Crippen LogP contribution in [0.5, 0.6) is 5.75 Å². The lowest BCUT2D eigenvalue weighted by Crippen LogP contribution is -2.41. The minimum absolute atomic E-state index is 0.0134. The second-order valence-electron chi connectivity index (χ2n) is 7.02. The molecule has 5 heteroatoms. The summed E-state index contributed by atoms with van der Waals surface area (Å²) < 4.78 is 5.68. The maximum Gasteiger partial charge on any atom is 0.253 e. The zero-order chi connectivity index (χ0) is 17.7. The van der Waals surface area contributed by atoms with E-state index in [0.717, 1.165) is 17.1 Å². The van der Waals surface area contributed by atoms with Gasteiger partial charge in [0, 0.05) is 30.2 Å². The molecule has 0 aliphatic heterocycles. The minimum Gasteiger partial charge on any atom is -0.487 e. The van der Waals surface area contributed by atoms with Gasteiger partial charge in [-0.2, -0.15) is 0 Å². The van der Waals surface area contributed by atoms with Crippen molar-refractivity contribution in [1.29, 1.82) is 0 Å². The Hall–Kier alpha value is -2.43. The lowest BCUT2D eigenvalue weighted by atomic mass is 9.88. The van der Waals surface area contributed by atoms with Crippen LogP contribution >= 0.6 is 0 Å². The van der Waals surface area contributed by atoms with Crippen molar-refractivity contribution < 1.29 is 9.53 Å². The predicted molar refractivity (Wildman–Crippen MR) is 93.9 cm³/mol. The van der Waals surface area contributed by atoms with E-state index in [1.165, 1.54) is 0 Å². The lowest BCUT2D eigenvalue weighted by Gasteiger charge is -2.28. The third kappa shape index (κ3) is 5.05. The van der Waals surface area contributed by atoms with Gasteiger partial charge in [0.1, 0.15) is 12.4 Å². The summed E-state index contributed by atoms with van der Waals surface area (Å²) in [5.41, 5.74) is 2.24. The molecule has 1 atom stereocenters. The molecule has 1 unspecified atom stereocenters. The molecule has 2 heterocycles. The molecule has 0 saturated carbocycles. The fraction of sp³-hybridized carbons (Fsp3) is 0.421. The molecule has 0 aliphatic rings. The second kappa shape index (κ2) is 7.43. The molecule has 128 valence electrons. The van der Waals surface area contributed by atoms with Crippen LogP contribution in [0.3, 0.4) is 0 Å². The topological polar surface area (TPSA) is 64.1 Å². The summed E-state index contributed by atoms with van der Waals surface area (Å²) in [5, 5.41) is 3.00. The predicted octanol–water partition coefficient (Wildman–Crippen LogP) is 3.53. The van der Waals surface area contributed by atoms with E-state index in [4.69, 9.17) is 4.74 Å². The zero-order valence-corrected chi connectivity index (χ0v) is 15.0. The maximum atomic E-state index is 12.2. The van der Waals surface area contributed by atoms with E-state index in [9.17, 15) is 4.79 Å². The van der Waals surface area contributed by atoms with Crippen LogP contribution in [0.1, 0.15) is 49.4 Å². The maximum absolute atomic E-state index is 12.2. The molecule has 0 aromatic carbocycles. The third-order valence-corrected chi connectivity index (χ3v) is 3.99. The van der Waals surface area contributed by atoms with E-state index < -0.39 is 0 Å². The van der Waals surface area contributed by atoms with Crippen LogP contribution in [0.15, 0.2) is 36.7 Å². The number of aryl methyl sites for hydroxylation is 1. The molecular formula is C19H25N3O2. The van der Waals surface area contributed by atoms with Crippen LogP contribution in [0.4, 0.5) is 0 Å². The Morgan fingerprint density at radius 3 is 2.58 bits per heavy atom. The van der Waals surface area contributed by atoms with Crippen molar-refractivity contribution in [3.8, 4) is 5.75 Å². The zero-order valence-electron chi connectivity index (χ0n) is 15.0. The van der Waals surface area contributed by atoms with Crippen molar-refractivity contribution >= 4 is 5.91 Å². The first-order chi connectivity index (χ1) is 11.3. The molecule has 0 fully saturated rings. The number of ether oxygens (including phenoxy) is 1. The highest BCUT2D eigenvalue weighted by Crippen LogP contribution is 2.19. The highest BCUT2D eigenvalue weighted by Gasteiger charge is 2.22. The minimum atomic E-state index is -0.109. The molecule has 0 radical (unpaired) electrons. The molecular weight excluding hydrogens is 302 g/mol. The fourth-order valence-electron chi connectivity index (χ4n) is 1.91. The number of hydrogen-bond acceptors (Lipinski definition) is 4. The standard InChI is InChI=1S/C19H25N3O2/c1-13-10-17(8-9-20-13)24-12-16-7-6-15(11-21-16)18(23)22-14(2)19(3,4)5/h6-11,14H,12H2,1-5H3,(H,22,23). The van der Waals surface area contributed by atoms with Crippen molar-refractivity contribution in [3.05, 3.63) is 53.6 Å². The molecule has 2 aromatic rings. The monoisotopic (exact) mass is 327 g/mol. The van der Waals surface area contributed by atoms with Crippen LogP contribution in [0.2, 0.25) is 0 Å². The number of hydrogen-bond donors (Lipinski definition) is 1. The van der Waals surface area contributed by atoms with Crippen LogP contribution in [-0.2, 0) is 6.61 Å². The molecule has 0 aliphatic carbocycles. The van der Waals surface area contributed by atoms with E-state index in [2.05, 4.69) is 36.1 Å². The summed E-state index contributed by atoms with van der Waals surface area (Å²) in [4.78, 5) is 20.7. The van der Waals surface area contributed by atoms with Gasteiger partial charge in [0.25, 0.3) is 5.91 Å². The Morgan fingerprint density at radius 2 is 2.00 bits per heavy atom. The molecule has 2 aromatic heterocycles. The summed E-state index contributed by atoms with van der Waals surface area (Å²) in [6.45, 7) is 10.6. The highest BCUT2D eigenvalue weighted by atomic mass is 16.5. The average Bonchev–Trinajstić information content (AvgIpc) is 2.52. The van der Waals surface area contributed by atoms with Gasteiger partial charge in [0.2, 0.25) is 0 Å². The summed E-state index contributed by atoms with van der Waals surface area (Å²) in [7, 11) is 0. The molecule has 1 amide bonds. The quantitative estimate of drug-likeness (QED) is 0.912. The van der Waals surface area contributed by atoms with Gasteiger partial charge in [0.15, 0.2) is 0 Å². The van der Waals surface area contributed by atoms with Crippen molar-refractivity contribution in [3.63, 3.8) is 0 Å². The first-order valence-electron chi connectivity index (χ1n) is 8.07. The average molecular weight is 327 g/mol. The Balaban J connectivity index is 1.94. The number of amides is 1. The van der Waals surface area contributed by atoms with E-state index >= 15 is 0 Å². The summed E-state index contributed by atoms with van der Waals surface area (Å²) in [6, 6.07) is 7.33. The van der Waals surface area contributed by atoms with Gasteiger partial charge in [0.05, 0.1) is 11.3 Å². The number of carbonyl (C=O) groups excluding carboxylic acids is 1. The van der Waals surface area contributed by atoms with Crippen LogP contribution < -0.4 is 10.1 Å². The number of rotatable bonds is 5. The first kappa shape index (κ1) is 17.9. The van der Waals surface area contributed by atoms with Gasteiger partial charge in [-0.1, -0.05) is 20.8 Å². The molecule has 2 rings (SSSR count). The molecule has 1 N–H and O–H groups in total. The molecule has 0 spiro atoms. The van der Waals surface area contributed by atoms with Gasteiger partial charge >= 0.3 is 0 Å². The van der Waals surface area contributed by atoms with Crippen molar-refractivity contribution in [2.75, 3.05) is 0 Å². The Kier molecular flexibility index (Phi) is 5.54. The van der Waals surface area contributed by atoms with Crippen LogP contribution in [0.25, 0.3) is 0 Å². The lowest BCUT2D eigenvalue weighted by molar-refractivity contribution is 0.0909. The van der Waals surface area contributed by atoms with E-state index in [-0.39, 0.29) is 17.4 Å². The van der Waals surface area contributed by atoms with Crippen LogP contribution in [-0.4, -0.2) is 21.9 Å². The van der Waals surface area contributed by atoms with E-state index in [1.807, 2.05) is 32.0 Å². The molecule has 24 heavy (non-hydrogen) atoms. The number of carbonyl (C=O) groups is 1. The smallest absolute Gasteiger partial charge is 0.253 e. The van der Waals surface area contributed by atoms with E-state index in [1.54, 1.807) is 18.5 Å². The van der Waals surface area contributed by atoms with Gasteiger partial charge < -0.3 is 10.1 Å². The Morgan fingerprint density at radius 1 is 1.25 bits per heavy atom. The van der Waals surface area contributed by atoms with Crippen molar-refractivity contribution in [2.24, 2.45) is 5.41 Å². The fourth-order valence-corrected chi connectivity index (χ4v) is 1.91. The first-order valence-corrected chi connectivity index (χ1v) is 8.07. The van der Waals surface area contributed by atoms with Crippen molar-refractivity contribution in [2.45, 2.75) is 47.3 Å². The normalized spacial score (nSPS) is 12.5. The molecule has 0 bridgehead atoms. The molecule has 0 saturated heterocycles. The molecule has 5 nitrogen and oxygen atoms in total. The number of aromatic nitrogens is 2. The van der Waals surface area contributed by atoms with Crippen LogP contribution in [0, 0.1) is 12.3 Å². The second-order valence-corrected chi connectivity index (χ2v) is 7.02. The van der Waals surface area contributed by atoms with Gasteiger partial charge in [-0.25, -0.2) is 0 Å². The number of nitrogens with zero attached hydrogens (tertiary/aromatic N) is 2. The largest absolute Gasteiger partial charge is 0.487 e.